The van der Waals surface area contributed by atoms with E-state index in [0.29, 0.717) is 36.4 Å². The largest absolute Gasteiger partial charge is 0.492 e. The Morgan fingerprint density at radius 3 is 2.73 bits per heavy atom. The van der Waals surface area contributed by atoms with Crippen molar-refractivity contribution in [3.8, 4) is 5.75 Å². The topological polar surface area (TPSA) is 84.9 Å². The molecule has 0 aromatic heterocycles. The summed E-state index contributed by atoms with van der Waals surface area (Å²) in [4.78, 5) is 39.1. The Balaban J connectivity index is 1.51. The number of rotatable bonds is 7. The van der Waals surface area contributed by atoms with Gasteiger partial charge in [0.25, 0.3) is 5.91 Å². The first-order valence-electron chi connectivity index (χ1n) is 10.9. The van der Waals surface area contributed by atoms with Crippen LogP contribution in [0.3, 0.4) is 0 Å². The highest BCUT2D eigenvalue weighted by molar-refractivity contribution is 5.94. The molecule has 3 rings (SSSR count). The van der Waals surface area contributed by atoms with Gasteiger partial charge in [-0.3, -0.25) is 14.4 Å². The van der Waals surface area contributed by atoms with E-state index in [-0.39, 0.29) is 25.0 Å². The summed E-state index contributed by atoms with van der Waals surface area (Å²) in [6.07, 6.45) is 3.44. The summed E-state index contributed by atoms with van der Waals surface area (Å²) in [5, 5.41) is 2.70. The zero-order chi connectivity index (χ0) is 21.7. The lowest BCUT2D eigenvalue weighted by Crippen LogP contribution is -2.45. The monoisotopic (exact) mass is 416 g/mol. The van der Waals surface area contributed by atoms with Crippen LogP contribution in [-0.2, 0) is 19.1 Å². The Labute approximate surface area is 178 Å². The molecule has 2 fully saturated rings. The van der Waals surface area contributed by atoms with Crippen molar-refractivity contribution in [2.45, 2.75) is 52.5 Å². The van der Waals surface area contributed by atoms with E-state index in [2.05, 4.69) is 19.2 Å². The molecule has 1 aromatic rings. The second kappa shape index (κ2) is 9.96. The van der Waals surface area contributed by atoms with Gasteiger partial charge in [-0.25, -0.2) is 0 Å². The Hall–Kier alpha value is -2.57. The fourth-order valence-electron chi connectivity index (χ4n) is 4.50. The summed E-state index contributed by atoms with van der Waals surface area (Å²) in [5.41, 5.74) is 0.531. The van der Waals surface area contributed by atoms with Gasteiger partial charge in [0, 0.05) is 19.0 Å². The van der Waals surface area contributed by atoms with E-state index in [1.54, 1.807) is 18.2 Å². The normalized spacial score (nSPS) is 26.4. The van der Waals surface area contributed by atoms with Crippen molar-refractivity contribution in [3.05, 3.63) is 24.3 Å². The van der Waals surface area contributed by atoms with Crippen LogP contribution in [0.25, 0.3) is 0 Å². The first-order valence-corrected chi connectivity index (χ1v) is 10.9. The van der Waals surface area contributed by atoms with Crippen LogP contribution in [-0.4, -0.2) is 48.5 Å². The lowest BCUT2D eigenvalue weighted by Gasteiger charge is -2.39. The minimum Gasteiger partial charge on any atom is -0.492 e. The predicted molar refractivity (Wildman–Crippen MR) is 113 cm³/mol. The number of likely N-dealkylation sites (tertiary alicyclic amines) is 1. The minimum absolute atomic E-state index is 0.0120. The Morgan fingerprint density at radius 1 is 1.20 bits per heavy atom. The molecule has 0 bridgehead atoms. The van der Waals surface area contributed by atoms with E-state index in [4.69, 9.17) is 9.47 Å². The molecule has 0 spiro atoms. The Kier molecular flexibility index (Phi) is 7.34. The second-order valence-corrected chi connectivity index (χ2v) is 8.37. The van der Waals surface area contributed by atoms with Crippen LogP contribution in [0.2, 0.25) is 0 Å². The van der Waals surface area contributed by atoms with E-state index in [9.17, 15) is 14.4 Å². The maximum Gasteiger partial charge on any atom is 0.311 e. The number of amides is 2. The Morgan fingerprint density at radius 2 is 1.97 bits per heavy atom. The van der Waals surface area contributed by atoms with Crippen LogP contribution >= 0.6 is 0 Å². The van der Waals surface area contributed by atoms with Gasteiger partial charge in [-0.05, 0) is 37.3 Å². The average Bonchev–Trinajstić information content (AvgIpc) is 3.11. The van der Waals surface area contributed by atoms with Gasteiger partial charge in [0.1, 0.15) is 5.75 Å². The molecule has 4 atom stereocenters. The number of nitrogens with zero attached hydrogens (tertiary/aromatic N) is 1. The fourth-order valence-corrected chi connectivity index (χ4v) is 4.50. The molecule has 30 heavy (non-hydrogen) atoms. The fraction of sp³-hybridized carbons (Fsp3) is 0.609. The van der Waals surface area contributed by atoms with Crippen molar-refractivity contribution in [2.24, 2.45) is 17.8 Å². The zero-order valence-corrected chi connectivity index (χ0v) is 18.1. The van der Waals surface area contributed by atoms with E-state index >= 15 is 0 Å². The summed E-state index contributed by atoms with van der Waals surface area (Å²) >= 11 is 0. The predicted octanol–water partition coefficient (Wildman–Crippen LogP) is 3.24. The zero-order valence-electron chi connectivity index (χ0n) is 18.1. The van der Waals surface area contributed by atoms with E-state index < -0.39 is 17.8 Å². The van der Waals surface area contributed by atoms with Crippen molar-refractivity contribution >= 4 is 23.5 Å². The van der Waals surface area contributed by atoms with E-state index in [0.717, 1.165) is 12.8 Å². The van der Waals surface area contributed by atoms with Crippen LogP contribution in [0.4, 0.5) is 5.69 Å². The van der Waals surface area contributed by atoms with Gasteiger partial charge in [-0.2, -0.15) is 0 Å². The third-order valence-electron chi connectivity index (χ3n) is 6.36. The number of esters is 1. The molecule has 2 aliphatic rings. The highest BCUT2D eigenvalue weighted by Crippen LogP contribution is 2.36. The molecule has 1 aromatic carbocycles. The summed E-state index contributed by atoms with van der Waals surface area (Å²) in [5.74, 6) is 0.137. The van der Waals surface area contributed by atoms with Crippen molar-refractivity contribution in [1.82, 2.24) is 4.90 Å². The lowest BCUT2D eigenvalue weighted by molar-refractivity contribution is -0.151. The SMILES string of the molecule is CCOc1ccccc1NC(=O)COC(=O)[C@H]1CC(=O)N([C@@H]2CCC[C@H](C)[C@@H]2C)C1. The number of anilines is 1. The van der Waals surface area contributed by atoms with Crippen LogP contribution in [0.1, 0.15) is 46.5 Å². The average molecular weight is 417 g/mol. The molecule has 2 amide bonds. The van der Waals surface area contributed by atoms with Gasteiger partial charge in [0.05, 0.1) is 18.2 Å². The molecule has 1 saturated heterocycles. The standard InChI is InChI=1S/C23H32N2O5/c1-4-29-20-11-6-5-9-18(20)24-21(26)14-30-23(28)17-12-22(27)25(13-17)19-10-7-8-15(2)16(19)3/h5-6,9,11,15-17,19H,4,7-8,10,12-14H2,1-3H3,(H,24,26)/t15-,16-,17-,19+/m0/s1. The second-order valence-electron chi connectivity index (χ2n) is 8.37. The summed E-state index contributed by atoms with van der Waals surface area (Å²) in [6.45, 7) is 6.76. The number of carbonyl (C=O) groups is 3. The molecule has 164 valence electrons. The highest BCUT2D eigenvalue weighted by atomic mass is 16.5. The maximum absolute atomic E-state index is 12.5. The molecule has 1 N–H and O–H groups in total. The van der Waals surface area contributed by atoms with E-state index in [1.165, 1.54) is 6.42 Å². The Bertz CT molecular complexity index is 781. The number of benzene rings is 1. The number of hydrogen-bond acceptors (Lipinski definition) is 5. The summed E-state index contributed by atoms with van der Waals surface area (Å²) < 4.78 is 10.7. The smallest absolute Gasteiger partial charge is 0.311 e. The molecule has 0 unspecified atom stereocenters. The van der Waals surface area contributed by atoms with Gasteiger partial charge >= 0.3 is 5.97 Å². The molecule has 1 saturated carbocycles. The van der Waals surface area contributed by atoms with Crippen molar-refractivity contribution in [3.63, 3.8) is 0 Å². The molecule has 0 radical (unpaired) electrons. The molecule has 7 nitrogen and oxygen atoms in total. The van der Waals surface area contributed by atoms with Crippen LogP contribution < -0.4 is 10.1 Å². The van der Waals surface area contributed by atoms with Gasteiger partial charge in [0.2, 0.25) is 5.91 Å². The van der Waals surface area contributed by atoms with Crippen molar-refractivity contribution < 1.29 is 23.9 Å². The van der Waals surface area contributed by atoms with Crippen LogP contribution in [0.15, 0.2) is 24.3 Å². The number of hydrogen-bond donors (Lipinski definition) is 1. The molecular formula is C23H32N2O5. The molecule has 1 aliphatic heterocycles. The lowest BCUT2D eigenvalue weighted by atomic mass is 9.77. The number of para-hydroxylation sites is 2. The first kappa shape index (κ1) is 22.1. The third kappa shape index (κ3) is 5.12. The number of carbonyl (C=O) groups excluding carboxylic acids is 3. The summed E-state index contributed by atoms with van der Waals surface area (Å²) in [6, 6.07) is 7.28. The van der Waals surface area contributed by atoms with Crippen LogP contribution in [0.5, 0.6) is 5.75 Å². The third-order valence-corrected chi connectivity index (χ3v) is 6.36. The number of nitrogens with one attached hydrogen (secondary N) is 1. The van der Waals surface area contributed by atoms with Crippen LogP contribution in [0, 0.1) is 17.8 Å². The number of ether oxygens (including phenoxy) is 2. The molecule has 1 heterocycles. The first-order chi connectivity index (χ1) is 14.4. The van der Waals surface area contributed by atoms with Gasteiger partial charge in [0.15, 0.2) is 6.61 Å². The van der Waals surface area contributed by atoms with Gasteiger partial charge in [-0.1, -0.05) is 38.8 Å². The van der Waals surface area contributed by atoms with Gasteiger partial charge in [-0.15, -0.1) is 0 Å². The highest BCUT2D eigenvalue weighted by Gasteiger charge is 2.42. The van der Waals surface area contributed by atoms with Gasteiger partial charge < -0.3 is 19.7 Å². The molecular weight excluding hydrogens is 384 g/mol. The van der Waals surface area contributed by atoms with Crippen molar-refractivity contribution in [1.29, 1.82) is 0 Å². The quantitative estimate of drug-likeness (QED) is 0.690. The maximum atomic E-state index is 12.5. The molecule has 7 heteroatoms. The minimum atomic E-state index is -0.509. The van der Waals surface area contributed by atoms with Crippen molar-refractivity contribution in [2.75, 3.05) is 25.1 Å². The van der Waals surface area contributed by atoms with E-state index in [1.807, 2.05) is 17.9 Å². The summed E-state index contributed by atoms with van der Waals surface area (Å²) in [7, 11) is 0. The molecule has 1 aliphatic carbocycles.